The third kappa shape index (κ3) is 3.67. The average Bonchev–Trinajstić information content (AvgIpc) is 2.90. The van der Waals surface area contributed by atoms with Gasteiger partial charge >= 0.3 is 0 Å². The maximum atomic E-state index is 11.5. The third-order valence-corrected chi connectivity index (χ3v) is 7.19. The first-order chi connectivity index (χ1) is 8.62. The summed E-state index contributed by atoms with van der Waals surface area (Å²) in [4.78, 5) is 0. The lowest BCUT2D eigenvalue weighted by molar-refractivity contribution is 0.189. The number of benzene rings is 1. The lowest BCUT2D eigenvalue weighted by Gasteiger charge is -2.23. The van der Waals surface area contributed by atoms with Crippen molar-refractivity contribution in [1.82, 2.24) is 0 Å². The Balaban J connectivity index is 2.23. The van der Waals surface area contributed by atoms with Crippen LogP contribution >= 0.6 is 0 Å². The molecular weight excluding hydrogens is 276 g/mol. The lowest BCUT2D eigenvalue weighted by Crippen LogP contribution is -2.31. The predicted molar refractivity (Wildman–Crippen MR) is 80.5 cm³/mol. The highest BCUT2D eigenvalue weighted by atomic mass is 32.2. The van der Waals surface area contributed by atoms with Gasteiger partial charge in [-0.05, 0) is 17.5 Å². The SMILES string of the molecule is C[Si](C)(C)C1CC1(Cc1ccccc1)OS(C)(=O)=O. The van der Waals surface area contributed by atoms with Crippen LogP contribution in [0.25, 0.3) is 0 Å². The highest BCUT2D eigenvalue weighted by Crippen LogP contribution is 2.60. The highest BCUT2D eigenvalue weighted by molar-refractivity contribution is 7.86. The standard InChI is InChI=1S/C14H22O3SSi/c1-18(15,16)17-14(11-13(14)19(2,3)4)10-12-8-6-5-7-9-12/h5-9,13H,10-11H2,1-4H3. The van der Waals surface area contributed by atoms with E-state index in [2.05, 4.69) is 19.6 Å². The first-order valence-corrected chi connectivity index (χ1v) is 12.0. The van der Waals surface area contributed by atoms with Gasteiger partial charge < -0.3 is 0 Å². The minimum Gasteiger partial charge on any atom is -0.263 e. The molecule has 3 nitrogen and oxygen atoms in total. The summed E-state index contributed by atoms with van der Waals surface area (Å²) < 4.78 is 28.6. The molecule has 0 aliphatic heterocycles. The Labute approximate surface area is 117 Å². The van der Waals surface area contributed by atoms with E-state index in [-0.39, 0.29) is 0 Å². The minimum absolute atomic E-state index is 0.412. The summed E-state index contributed by atoms with van der Waals surface area (Å²) in [6.45, 7) is 6.82. The quantitative estimate of drug-likeness (QED) is 0.620. The monoisotopic (exact) mass is 298 g/mol. The zero-order valence-corrected chi connectivity index (χ0v) is 13.8. The predicted octanol–water partition coefficient (Wildman–Crippen LogP) is 3.06. The zero-order valence-electron chi connectivity index (χ0n) is 12.0. The molecule has 2 atom stereocenters. The van der Waals surface area contributed by atoms with Crippen LogP contribution in [0.15, 0.2) is 30.3 Å². The molecule has 0 spiro atoms. The van der Waals surface area contributed by atoms with Crippen LogP contribution in [0, 0.1) is 0 Å². The molecule has 0 N–H and O–H groups in total. The van der Waals surface area contributed by atoms with Crippen molar-refractivity contribution >= 4 is 18.2 Å². The molecule has 2 rings (SSSR count). The molecule has 0 radical (unpaired) electrons. The average molecular weight is 298 g/mol. The van der Waals surface area contributed by atoms with Crippen molar-refractivity contribution in [3.63, 3.8) is 0 Å². The summed E-state index contributed by atoms with van der Waals surface area (Å²) in [7, 11) is -4.81. The van der Waals surface area contributed by atoms with Crippen molar-refractivity contribution in [3.8, 4) is 0 Å². The van der Waals surface area contributed by atoms with Gasteiger partial charge in [0.1, 0.15) is 0 Å². The Morgan fingerprint density at radius 1 is 1.26 bits per heavy atom. The van der Waals surface area contributed by atoms with E-state index in [4.69, 9.17) is 4.18 Å². The molecule has 1 aromatic rings. The van der Waals surface area contributed by atoms with Gasteiger partial charge in [0, 0.05) is 6.42 Å². The Hall–Kier alpha value is -0.653. The Kier molecular flexibility index (Phi) is 3.66. The molecule has 0 heterocycles. The molecule has 19 heavy (non-hydrogen) atoms. The van der Waals surface area contributed by atoms with Crippen LogP contribution in [-0.4, -0.2) is 28.3 Å². The van der Waals surface area contributed by atoms with Crippen LogP contribution in [0.5, 0.6) is 0 Å². The van der Waals surface area contributed by atoms with E-state index < -0.39 is 23.8 Å². The molecule has 2 unspecified atom stereocenters. The summed E-state index contributed by atoms with van der Waals surface area (Å²) in [5, 5.41) is 0. The molecule has 1 aliphatic rings. The topological polar surface area (TPSA) is 43.4 Å². The number of hydrogen-bond acceptors (Lipinski definition) is 3. The van der Waals surface area contributed by atoms with E-state index in [1.165, 1.54) is 0 Å². The fraction of sp³-hybridized carbons (Fsp3) is 0.571. The van der Waals surface area contributed by atoms with Gasteiger partial charge in [0.05, 0.1) is 19.9 Å². The van der Waals surface area contributed by atoms with Crippen LogP contribution in [0.2, 0.25) is 25.2 Å². The number of hydrogen-bond donors (Lipinski definition) is 0. The van der Waals surface area contributed by atoms with Crippen LogP contribution < -0.4 is 0 Å². The van der Waals surface area contributed by atoms with E-state index in [1.54, 1.807) is 0 Å². The Morgan fingerprint density at radius 3 is 2.26 bits per heavy atom. The second kappa shape index (κ2) is 4.72. The van der Waals surface area contributed by atoms with Gasteiger partial charge in [0.15, 0.2) is 0 Å². The summed E-state index contributed by atoms with van der Waals surface area (Å²) >= 11 is 0. The summed E-state index contributed by atoms with van der Waals surface area (Å²) in [6, 6.07) is 10.0. The van der Waals surface area contributed by atoms with Gasteiger partial charge in [-0.15, -0.1) is 0 Å². The van der Waals surface area contributed by atoms with E-state index in [9.17, 15) is 8.42 Å². The van der Waals surface area contributed by atoms with E-state index in [0.717, 1.165) is 18.2 Å². The van der Waals surface area contributed by atoms with Crippen molar-refractivity contribution in [3.05, 3.63) is 35.9 Å². The van der Waals surface area contributed by atoms with Crippen molar-refractivity contribution in [2.45, 2.75) is 43.6 Å². The molecule has 0 bridgehead atoms. The zero-order chi connectivity index (χ0) is 14.3. The van der Waals surface area contributed by atoms with Crippen LogP contribution in [0.1, 0.15) is 12.0 Å². The number of rotatable bonds is 5. The second-order valence-electron chi connectivity index (χ2n) is 6.64. The van der Waals surface area contributed by atoms with Crippen molar-refractivity contribution in [2.24, 2.45) is 0 Å². The second-order valence-corrected chi connectivity index (χ2v) is 13.6. The Morgan fingerprint density at radius 2 is 1.84 bits per heavy atom. The summed E-state index contributed by atoms with van der Waals surface area (Å²) in [6.07, 6.45) is 2.71. The maximum Gasteiger partial charge on any atom is 0.264 e. The fourth-order valence-corrected chi connectivity index (χ4v) is 6.57. The van der Waals surface area contributed by atoms with Crippen molar-refractivity contribution in [1.29, 1.82) is 0 Å². The van der Waals surface area contributed by atoms with Crippen molar-refractivity contribution < 1.29 is 12.6 Å². The molecule has 0 saturated heterocycles. The smallest absolute Gasteiger partial charge is 0.263 e. The molecule has 106 valence electrons. The molecule has 1 saturated carbocycles. The molecule has 0 amide bonds. The minimum atomic E-state index is -3.41. The lowest BCUT2D eigenvalue weighted by atomic mass is 10.1. The molecular formula is C14H22O3SSi. The molecule has 1 aliphatic carbocycles. The van der Waals surface area contributed by atoms with Crippen molar-refractivity contribution in [2.75, 3.05) is 6.26 Å². The normalized spacial score (nSPS) is 27.3. The van der Waals surface area contributed by atoms with Crippen LogP contribution in [0.4, 0.5) is 0 Å². The summed E-state index contributed by atoms with van der Waals surface area (Å²) in [5.41, 5.74) is 1.07. The first kappa shape index (κ1) is 14.7. The molecule has 0 aromatic heterocycles. The molecule has 1 aromatic carbocycles. The van der Waals surface area contributed by atoms with Gasteiger partial charge in [-0.1, -0.05) is 50.0 Å². The maximum absolute atomic E-state index is 11.5. The van der Waals surface area contributed by atoms with Crippen LogP contribution in [0.3, 0.4) is 0 Å². The fourth-order valence-electron chi connectivity index (χ4n) is 2.94. The molecule has 5 heteroatoms. The summed E-state index contributed by atoms with van der Waals surface area (Å²) in [5.74, 6) is 0. The first-order valence-electron chi connectivity index (χ1n) is 6.57. The van der Waals surface area contributed by atoms with Gasteiger partial charge in [0.2, 0.25) is 0 Å². The highest BCUT2D eigenvalue weighted by Gasteiger charge is 2.62. The van der Waals surface area contributed by atoms with Crippen LogP contribution in [-0.2, 0) is 20.7 Å². The van der Waals surface area contributed by atoms with E-state index in [0.29, 0.717) is 12.0 Å². The molecule has 1 fully saturated rings. The van der Waals surface area contributed by atoms with E-state index >= 15 is 0 Å². The Bertz CT molecular complexity index is 548. The van der Waals surface area contributed by atoms with E-state index in [1.807, 2.05) is 30.3 Å². The van der Waals surface area contributed by atoms with Gasteiger partial charge in [-0.25, -0.2) is 0 Å². The van der Waals surface area contributed by atoms with Gasteiger partial charge in [-0.2, -0.15) is 8.42 Å². The van der Waals surface area contributed by atoms with Gasteiger partial charge in [-0.3, -0.25) is 4.18 Å². The van der Waals surface area contributed by atoms with Gasteiger partial charge in [0.25, 0.3) is 10.1 Å². The largest absolute Gasteiger partial charge is 0.264 e. The third-order valence-electron chi connectivity index (χ3n) is 3.73.